The fourth-order valence-electron chi connectivity index (χ4n) is 3.15. The molecule has 0 radical (unpaired) electrons. The molecule has 0 bridgehead atoms. The summed E-state index contributed by atoms with van der Waals surface area (Å²) in [5.74, 6) is 0.232. The molecule has 1 aliphatic rings. The Labute approximate surface area is 118 Å². The van der Waals surface area contributed by atoms with Crippen molar-refractivity contribution in [2.24, 2.45) is 0 Å². The smallest absolute Gasteiger partial charge is 0.147 e. The van der Waals surface area contributed by atoms with Gasteiger partial charge in [-0.25, -0.2) is 8.42 Å². The summed E-state index contributed by atoms with van der Waals surface area (Å²) in [6.45, 7) is 2.91. The maximum Gasteiger partial charge on any atom is 0.147 e. The molecule has 0 aromatic heterocycles. The Morgan fingerprint density at radius 3 is 2.21 bits per heavy atom. The highest BCUT2D eigenvalue weighted by Gasteiger charge is 2.38. The number of likely N-dealkylation sites (N-methyl/N-ethyl adjacent to an activating group) is 1. The van der Waals surface area contributed by atoms with Crippen molar-refractivity contribution < 1.29 is 13.2 Å². The lowest BCUT2D eigenvalue weighted by atomic mass is 9.84. The van der Waals surface area contributed by atoms with Crippen molar-refractivity contribution in [2.45, 2.75) is 63.5 Å². The van der Waals surface area contributed by atoms with Gasteiger partial charge in [0.2, 0.25) is 0 Å². The number of rotatable bonds is 7. The standard InChI is InChI=1S/C14H29NO3S/c1-4-15-13(9-12-19(3,16)17)14(18-2)10-7-5-6-8-11-14/h13,15H,4-12H2,1-3H3. The molecule has 0 aromatic carbocycles. The van der Waals surface area contributed by atoms with E-state index in [1.165, 1.54) is 31.9 Å². The van der Waals surface area contributed by atoms with Crippen molar-refractivity contribution in [3.8, 4) is 0 Å². The monoisotopic (exact) mass is 291 g/mol. The van der Waals surface area contributed by atoms with Gasteiger partial charge in [-0.3, -0.25) is 0 Å². The van der Waals surface area contributed by atoms with Gasteiger partial charge in [0.05, 0.1) is 11.4 Å². The summed E-state index contributed by atoms with van der Waals surface area (Å²) in [6.07, 6.45) is 8.88. The topological polar surface area (TPSA) is 55.4 Å². The Kier molecular flexibility index (Phi) is 6.77. The average Bonchev–Trinajstić information content (AvgIpc) is 2.59. The molecule has 0 amide bonds. The second-order valence-corrected chi connectivity index (χ2v) is 7.97. The third kappa shape index (κ3) is 5.40. The van der Waals surface area contributed by atoms with Crippen LogP contribution in [0.15, 0.2) is 0 Å². The van der Waals surface area contributed by atoms with Gasteiger partial charge in [-0.15, -0.1) is 0 Å². The van der Waals surface area contributed by atoms with Gasteiger partial charge in [-0.1, -0.05) is 32.6 Å². The first-order valence-electron chi connectivity index (χ1n) is 7.40. The van der Waals surface area contributed by atoms with Gasteiger partial charge < -0.3 is 10.1 Å². The van der Waals surface area contributed by atoms with Crippen LogP contribution in [0.3, 0.4) is 0 Å². The molecule has 4 nitrogen and oxygen atoms in total. The third-order valence-electron chi connectivity index (χ3n) is 4.22. The van der Waals surface area contributed by atoms with Gasteiger partial charge in [0, 0.05) is 19.4 Å². The van der Waals surface area contributed by atoms with Crippen LogP contribution in [0.4, 0.5) is 0 Å². The number of methoxy groups -OCH3 is 1. The molecule has 1 rings (SSSR count). The second kappa shape index (κ2) is 7.60. The van der Waals surface area contributed by atoms with Crippen LogP contribution in [0.2, 0.25) is 0 Å². The quantitative estimate of drug-likeness (QED) is 0.730. The highest BCUT2D eigenvalue weighted by Crippen LogP contribution is 2.34. The summed E-state index contributed by atoms with van der Waals surface area (Å²) in [5.41, 5.74) is -0.183. The van der Waals surface area contributed by atoms with Crippen molar-refractivity contribution in [3.63, 3.8) is 0 Å². The van der Waals surface area contributed by atoms with Crippen molar-refractivity contribution in [1.29, 1.82) is 0 Å². The van der Waals surface area contributed by atoms with Crippen LogP contribution < -0.4 is 5.32 Å². The van der Waals surface area contributed by atoms with E-state index in [-0.39, 0.29) is 17.4 Å². The molecular formula is C14H29NO3S. The molecule has 0 aliphatic heterocycles. The molecule has 0 heterocycles. The SMILES string of the molecule is CCNC(CCS(C)(=O)=O)C1(OC)CCCCCC1. The molecule has 1 N–H and O–H groups in total. The number of ether oxygens (including phenoxy) is 1. The molecular weight excluding hydrogens is 262 g/mol. The molecule has 1 saturated carbocycles. The summed E-state index contributed by atoms with van der Waals surface area (Å²) in [4.78, 5) is 0. The fourth-order valence-corrected chi connectivity index (χ4v) is 3.82. The van der Waals surface area contributed by atoms with Crippen LogP contribution in [0, 0.1) is 0 Å². The van der Waals surface area contributed by atoms with Crippen LogP contribution in [-0.2, 0) is 14.6 Å². The maximum atomic E-state index is 11.4. The van der Waals surface area contributed by atoms with E-state index in [0.29, 0.717) is 6.42 Å². The summed E-state index contributed by atoms with van der Waals surface area (Å²) in [7, 11) is -1.14. The van der Waals surface area contributed by atoms with Crippen molar-refractivity contribution in [1.82, 2.24) is 5.32 Å². The van der Waals surface area contributed by atoms with Crippen LogP contribution in [0.5, 0.6) is 0 Å². The molecule has 1 atom stereocenters. The first kappa shape index (κ1) is 16.9. The minimum Gasteiger partial charge on any atom is -0.377 e. The molecule has 5 heteroatoms. The number of hydrogen-bond donors (Lipinski definition) is 1. The van der Waals surface area contributed by atoms with Gasteiger partial charge in [-0.2, -0.15) is 0 Å². The lowest BCUT2D eigenvalue weighted by Gasteiger charge is -2.40. The first-order valence-corrected chi connectivity index (χ1v) is 9.46. The van der Waals surface area contributed by atoms with Gasteiger partial charge >= 0.3 is 0 Å². The molecule has 0 saturated heterocycles. The van der Waals surface area contributed by atoms with Crippen LogP contribution >= 0.6 is 0 Å². The van der Waals surface area contributed by atoms with E-state index < -0.39 is 9.84 Å². The molecule has 19 heavy (non-hydrogen) atoms. The Hall–Kier alpha value is -0.130. The van der Waals surface area contributed by atoms with E-state index in [9.17, 15) is 8.42 Å². The first-order chi connectivity index (χ1) is 8.93. The second-order valence-electron chi connectivity index (χ2n) is 5.71. The lowest BCUT2D eigenvalue weighted by molar-refractivity contribution is -0.0530. The summed E-state index contributed by atoms with van der Waals surface area (Å²) in [6, 6.07) is 0.135. The minimum atomic E-state index is -2.92. The fraction of sp³-hybridized carbons (Fsp3) is 1.00. The Balaban J connectivity index is 2.79. The zero-order chi connectivity index (χ0) is 14.4. The number of sulfone groups is 1. The van der Waals surface area contributed by atoms with Gasteiger partial charge in [-0.05, 0) is 25.8 Å². The zero-order valence-corrected chi connectivity index (χ0v) is 13.4. The maximum absolute atomic E-state index is 11.4. The van der Waals surface area contributed by atoms with Gasteiger partial charge in [0.15, 0.2) is 0 Å². The third-order valence-corrected chi connectivity index (χ3v) is 5.20. The largest absolute Gasteiger partial charge is 0.377 e. The molecule has 1 fully saturated rings. The molecule has 0 spiro atoms. The van der Waals surface area contributed by atoms with Crippen LogP contribution in [-0.4, -0.2) is 45.7 Å². The van der Waals surface area contributed by atoms with Crippen molar-refractivity contribution in [3.05, 3.63) is 0 Å². The normalized spacial score (nSPS) is 21.8. The highest BCUT2D eigenvalue weighted by molar-refractivity contribution is 7.90. The Morgan fingerprint density at radius 2 is 1.79 bits per heavy atom. The van der Waals surface area contributed by atoms with E-state index in [1.54, 1.807) is 7.11 Å². The van der Waals surface area contributed by atoms with Crippen LogP contribution in [0.25, 0.3) is 0 Å². The summed E-state index contributed by atoms with van der Waals surface area (Å²) >= 11 is 0. The van der Waals surface area contributed by atoms with Crippen LogP contribution in [0.1, 0.15) is 51.9 Å². The van der Waals surface area contributed by atoms with Gasteiger partial charge in [0.25, 0.3) is 0 Å². The van der Waals surface area contributed by atoms with Crippen molar-refractivity contribution in [2.75, 3.05) is 25.7 Å². The van der Waals surface area contributed by atoms with Crippen molar-refractivity contribution >= 4 is 9.84 Å². The minimum absolute atomic E-state index is 0.135. The molecule has 1 unspecified atom stereocenters. The van der Waals surface area contributed by atoms with E-state index in [4.69, 9.17) is 4.74 Å². The van der Waals surface area contributed by atoms with E-state index >= 15 is 0 Å². The molecule has 0 aromatic rings. The number of nitrogens with one attached hydrogen (secondary N) is 1. The van der Waals surface area contributed by atoms with E-state index in [0.717, 1.165) is 19.4 Å². The molecule has 114 valence electrons. The summed E-state index contributed by atoms with van der Waals surface area (Å²) < 4.78 is 28.7. The van der Waals surface area contributed by atoms with E-state index in [2.05, 4.69) is 12.2 Å². The predicted octanol–water partition coefficient (Wildman–Crippen LogP) is 2.14. The Bertz CT molecular complexity index is 346. The average molecular weight is 291 g/mol. The van der Waals surface area contributed by atoms with E-state index in [1.807, 2.05) is 0 Å². The number of hydrogen-bond acceptors (Lipinski definition) is 4. The zero-order valence-electron chi connectivity index (χ0n) is 12.6. The molecule has 1 aliphatic carbocycles. The highest BCUT2D eigenvalue weighted by atomic mass is 32.2. The predicted molar refractivity (Wildman–Crippen MR) is 79.2 cm³/mol. The lowest BCUT2D eigenvalue weighted by Crippen LogP contribution is -2.52. The summed E-state index contributed by atoms with van der Waals surface area (Å²) in [5, 5.41) is 3.46. The Morgan fingerprint density at radius 1 is 1.21 bits per heavy atom. The van der Waals surface area contributed by atoms with Gasteiger partial charge in [0.1, 0.15) is 9.84 Å².